The number of hydrogen-bond donors (Lipinski definition) is 2. The van der Waals surface area contributed by atoms with Gasteiger partial charge >= 0.3 is 0 Å². The quantitative estimate of drug-likeness (QED) is 0.285. The van der Waals surface area contributed by atoms with Crippen LogP contribution in [0.1, 0.15) is 13.8 Å². The molecule has 3 nitrogen and oxygen atoms in total. The van der Waals surface area contributed by atoms with Crippen LogP contribution in [0.2, 0.25) is 0 Å². The van der Waals surface area contributed by atoms with Crippen molar-refractivity contribution in [2.45, 2.75) is 20.1 Å². The summed E-state index contributed by atoms with van der Waals surface area (Å²) in [5.41, 5.74) is 0. The summed E-state index contributed by atoms with van der Waals surface area (Å²) in [5, 5.41) is 15.0. The average molecular weight is 103 g/mol. The largest absolute Gasteiger partial charge is 0.453 e. The maximum atomic E-state index is 8.36. The molecule has 0 heterocycles. The van der Waals surface area contributed by atoms with E-state index in [1.54, 1.807) is 0 Å². The third kappa shape index (κ3) is 5.43. The summed E-state index contributed by atoms with van der Waals surface area (Å²) in [6.45, 7) is 2.92. The van der Waals surface area contributed by atoms with E-state index >= 15 is 0 Å². The fourth-order valence-corrected chi connectivity index (χ4v) is 0.256. The standard InChI is InChI=1S/C4H9NO2/c1-3(5)7-4(2)6/h4-6H,1-2H3. The van der Waals surface area contributed by atoms with Crippen LogP contribution in [0.15, 0.2) is 0 Å². The Morgan fingerprint density at radius 2 is 2.29 bits per heavy atom. The number of ether oxygens (including phenoxy) is 1. The van der Waals surface area contributed by atoms with Crippen molar-refractivity contribution in [2.75, 3.05) is 0 Å². The van der Waals surface area contributed by atoms with Gasteiger partial charge in [-0.3, -0.25) is 5.41 Å². The lowest BCUT2D eigenvalue weighted by Crippen LogP contribution is -2.09. The predicted molar refractivity (Wildman–Crippen MR) is 26.2 cm³/mol. The van der Waals surface area contributed by atoms with E-state index in [1.807, 2.05) is 0 Å². The molecule has 0 bridgehead atoms. The predicted octanol–water partition coefficient (Wildman–Crippen LogP) is 0.338. The van der Waals surface area contributed by atoms with Crippen LogP contribution >= 0.6 is 0 Å². The highest BCUT2D eigenvalue weighted by Gasteiger charge is 1.91. The van der Waals surface area contributed by atoms with E-state index in [4.69, 9.17) is 10.5 Å². The first-order valence-corrected chi connectivity index (χ1v) is 2.03. The number of rotatable bonds is 1. The minimum absolute atomic E-state index is 0.0370. The molecule has 0 aromatic heterocycles. The molecule has 0 saturated carbocycles. The molecule has 0 aliphatic carbocycles. The Hall–Kier alpha value is -0.570. The third-order valence-electron chi connectivity index (χ3n) is 0.347. The molecule has 0 radical (unpaired) electrons. The van der Waals surface area contributed by atoms with Crippen LogP contribution in [0, 0.1) is 5.41 Å². The lowest BCUT2D eigenvalue weighted by molar-refractivity contribution is -0.0120. The molecule has 0 fully saturated rings. The van der Waals surface area contributed by atoms with Crippen LogP contribution in [0.5, 0.6) is 0 Å². The molecule has 2 N–H and O–H groups in total. The molecule has 0 aliphatic heterocycles. The number of nitrogens with one attached hydrogen (secondary N) is 1. The van der Waals surface area contributed by atoms with Crippen LogP contribution < -0.4 is 0 Å². The lowest BCUT2D eigenvalue weighted by atomic mass is 10.7. The first kappa shape index (κ1) is 6.43. The van der Waals surface area contributed by atoms with Crippen molar-refractivity contribution in [1.82, 2.24) is 0 Å². The van der Waals surface area contributed by atoms with E-state index < -0.39 is 6.29 Å². The summed E-state index contributed by atoms with van der Waals surface area (Å²) in [5.74, 6) is 0.0370. The van der Waals surface area contributed by atoms with Gasteiger partial charge in [0, 0.05) is 6.92 Å². The monoisotopic (exact) mass is 103 g/mol. The molecule has 7 heavy (non-hydrogen) atoms. The Kier molecular flexibility index (Phi) is 2.37. The summed E-state index contributed by atoms with van der Waals surface area (Å²) in [6, 6.07) is 0. The third-order valence-corrected chi connectivity index (χ3v) is 0.347. The second-order valence-corrected chi connectivity index (χ2v) is 1.27. The molecule has 0 rings (SSSR count). The van der Waals surface area contributed by atoms with E-state index in [1.165, 1.54) is 13.8 Å². The molecule has 1 unspecified atom stereocenters. The van der Waals surface area contributed by atoms with Crippen LogP contribution in [0.25, 0.3) is 0 Å². The molecule has 0 aromatic rings. The molecule has 0 saturated heterocycles. The maximum absolute atomic E-state index is 8.36. The van der Waals surface area contributed by atoms with Crippen molar-refractivity contribution in [2.24, 2.45) is 0 Å². The highest BCUT2D eigenvalue weighted by molar-refractivity contribution is 5.69. The van der Waals surface area contributed by atoms with E-state index in [-0.39, 0.29) is 5.90 Å². The van der Waals surface area contributed by atoms with E-state index in [2.05, 4.69) is 4.74 Å². The van der Waals surface area contributed by atoms with Gasteiger partial charge in [0.05, 0.1) is 0 Å². The Balaban J connectivity index is 3.13. The Bertz CT molecular complexity index is 70.1. The van der Waals surface area contributed by atoms with Gasteiger partial charge in [-0.05, 0) is 6.92 Å². The Labute approximate surface area is 42.4 Å². The van der Waals surface area contributed by atoms with Gasteiger partial charge in [0.2, 0.25) is 0 Å². The van der Waals surface area contributed by atoms with E-state index in [0.29, 0.717) is 0 Å². The van der Waals surface area contributed by atoms with Crippen molar-refractivity contribution in [3.63, 3.8) is 0 Å². The second kappa shape index (κ2) is 2.58. The van der Waals surface area contributed by atoms with Crippen LogP contribution in [0.3, 0.4) is 0 Å². The fraction of sp³-hybridized carbons (Fsp3) is 0.750. The van der Waals surface area contributed by atoms with Crippen molar-refractivity contribution in [3.8, 4) is 0 Å². The smallest absolute Gasteiger partial charge is 0.195 e. The van der Waals surface area contributed by atoms with Crippen LogP contribution in [-0.2, 0) is 4.74 Å². The maximum Gasteiger partial charge on any atom is 0.195 e. The number of aliphatic hydroxyl groups is 1. The highest BCUT2D eigenvalue weighted by Crippen LogP contribution is 1.82. The van der Waals surface area contributed by atoms with Crippen molar-refractivity contribution in [3.05, 3.63) is 0 Å². The number of hydrogen-bond acceptors (Lipinski definition) is 3. The van der Waals surface area contributed by atoms with Crippen molar-refractivity contribution in [1.29, 1.82) is 5.41 Å². The molecular weight excluding hydrogens is 94.0 g/mol. The Morgan fingerprint density at radius 1 is 1.86 bits per heavy atom. The first-order chi connectivity index (χ1) is 3.13. The van der Waals surface area contributed by atoms with Gasteiger partial charge < -0.3 is 9.84 Å². The second-order valence-electron chi connectivity index (χ2n) is 1.27. The molecule has 0 amide bonds. The summed E-state index contributed by atoms with van der Waals surface area (Å²) < 4.78 is 4.39. The van der Waals surface area contributed by atoms with Gasteiger partial charge in [0.25, 0.3) is 0 Å². The van der Waals surface area contributed by atoms with Gasteiger partial charge in [-0.25, -0.2) is 0 Å². The van der Waals surface area contributed by atoms with Crippen molar-refractivity contribution < 1.29 is 9.84 Å². The summed E-state index contributed by atoms with van der Waals surface area (Å²) in [4.78, 5) is 0. The summed E-state index contributed by atoms with van der Waals surface area (Å²) in [6.07, 6.45) is -0.850. The van der Waals surface area contributed by atoms with Gasteiger partial charge in [-0.15, -0.1) is 0 Å². The minimum atomic E-state index is -0.850. The normalized spacial score (nSPS) is 13.0. The first-order valence-electron chi connectivity index (χ1n) is 2.03. The van der Waals surface area contributed by atoms with Crippen molar-refractivity contribution >= 4 is 5.90 Å². The SMILES string of the molecule is CC(=N)OC(C)O. The van der Waals surface area contributed by atoms with E-state index in [9.17, 15) is 0 Å². The number of aliphatic hydroxyl groups excluding tert-OH is 1. The zero-order valence-electron chi connectivity index (χ0n) is 4.43. The zero-order chi connectivity index (χ0) is 5.86. The molecule has 0 aliphatic rings. The Morgan fingerprint density at radius 3 is 2.29 bits per heavy atom. The molecular formula is C4H9NO2. The summed E-state index contributed by atoms with van der Waals surface area (Å²) >= 11 is 0. The molecule has 0 aromatic carbocycles. The minimum Gasteiger partial charge on any atom is -0.453 e. The molecule has 0 spiro atoms. The molecule has 42 valence electrons. The van der Waals surface area contributed by atoms with Crippen LogP contribution in [-0.4, -0.2) is 17.3 Å². The zero-order valence-corrected chi connectivity index (χ0v) is 4.43. The fourth-order valence-electron chi connectivity index (χ4n) is 0.256. The molecule has 3 heteroatoms. The topological polar surface area (TPSA) is 53.3 Å². The molecule has 1 atom stereocenters. The van der Waals surface area contributed by atoms with Gasteiger partial charge in [0.1, 0.15) is 0 Å². The van der Waals surface area contributed by atoms with E-state index in [0.717, 1.165) is 0 Å². The van der Waals surface area contributed by atoms with Gasteiger partial charge in [-0.2, -0.15) is 0 Å². The average Bonchev–Trinajstić information content (AvgIpc) is 1.27. The van der Waals surface area contributed by atoms with Crippen LogP contribution in [0.4, 0.5) is 0 Å². The highest BCUT2D eigenvalue weighted by atomic mass is 16.6. The lowest BCUT2D eigenvalue weighted by Gasteiger charge is -2.03. The van der Waals surface area contributed by atoms with Gasteiger partial charge in [0.15, 0.2) is 12.2 Å². The van der Waals surface area contributed by atoms with Gasteiger partial charge in [-0.1, -0.05) is 0 Å². The summed E-state index contributed by atoms with van der Waals surface area (Å²) in [7, 11) is 0.